The van der Waals surface area contributed by atoms with Crippen LogP contribution >= 0.6 is 31.9 Å². The van der Waals surface area contributed by atoms with Crippen molar-refractivity contribution in [1.29, 1.82) is 0 Å². The summed E-state index contributed by atoms with van der Waals surface area (Å²) in [5.74, 6) is -0.617. The predicted octanol–water partition coefficient (Wildman–Crippen LogP) is 3.83. The van der Waals surface area contributed by atoms with E-state index < -0.39 is 15.8 Å². The maximum absolute atomic E-state index is 13.4. The summed E-state index contributed by atoms with van der Waals surface area (Å²) in [5.41, 5.74) is 0.800. The van der Waals surface area contributed by atoms with Crippen LogP contribution in [0.3, 0.4) is 0 Å². The van der Waals surface area contributed by atoms with Crippen molar-refractivity contribution in [3.63, 3.8) is 0 Å². The van der Waals surface area contributed by atoms with Crippen LogP contribution in [-0.4, -0.2) is 8.42 Å². The van der Waals surface area contributed by atoms with Crippen LogP contribution in [0.1, 0.15) is 5.56 Å². The first-order chi connectivity index (χ1) is 9.40. The van der Waals surface area contributed by atoms with E-state index in [1.54, 1.807) is 6.07 Å². The zero-order valence-corrected chi connectivity index (χ0v) is 14.1. The molecular weight excluding hydrogens is 413 g/mol. The molecule has 20 heavy (non-hydrogen) atoms. The van der Waals surface area contributed by atoms with Gasteiger partial charge in [-0.1, -0.05) is 34.1 Å². The molecule has 0 aliphatic carbocycles. The fourth-order valence-electron chi connectivity index (χ4n) is 1.54. The topological polar surface area (TPSA) is 46.2 Å². The fourth-order valence-corrected chi connectivity index (χ4v) is 3.23. The molecule has 0 heterocycles. The first-order valence-corrected chi connectivity index (χ1v) is 8.65. The van der Waals surface area contributed by atoms with E-state index in [1.807, 2.05) is 18.2 Å². The third-order valence-electron chi connectivity index (χ3n) is 2.61. The summed E-state index contributed by atoms with van der Waals surface area (Å²) in [7, 11) is -3.75. The minimum atomic E-state index is -3.75. The zero-order valence-electron chi connectivity index (χ0n) is 10.1. The Morgan fingerprint density at radius 1 is 1.05 bits per heavy atom. The Hall–Kier alpha value is -0.760. The summed E-state index contributed by atoms with van der Waals surface area (Å²) in [4.78, 5) is -0.106. The highest BCUT2D eigenvalue weighted by Gasteiger charge is 2.16. The highest BCUT2D eigenvalue weighted by molar-refractivity contribution is 9.10. The minimum absolute atomic E-state index is 0.106. The Morgan fingerprint density at radius 3 is 2.40 bits per heavy atom. The second kappa shape index (κ2) is 6.34. The molecule has 0 amide bonds. The first-order valence-electron chi connectivity index (χ1n) is 5.58. The number of rotatable bonds is 4. The molecule has 0 aliphatic heterocycles. The molecule has 0 radical (unpaired) electrons. The predicted molar refractivity (Wildman–Crippen MR) is 82.3 cm³/mol. The molecular formula is C13H10Br2FNO2S. The molecule has 0 saturated heterocycles. The lowest BCUT2D eigenvalue weighted by Crippen LogP contribution is -2.23. The smallest absolute Gasteiger partial charge is 0.207 e. The van der Waals surface area contributed by atoms with Gasteiger partial charge in [0.15, 0.2) is 0 Å². The van der Waals surface area contributed by atoms with Crippen LogP contribution in [-0.2, 0) is 16.6 Å². The highest BCUT2D eigenvalue weighted by atomic mass is 79.9. The van der Waals surface area contributed by atoms with E-state index in [0.29, 0.717) is 0 Å². The molecule has 0 aromatic heterocycles. The number of hydrogen-bond acceptors (Lipinski definition) is 2. The number of halogens is 3. The van der Waals surface area contributed by atoms with Gasteiger partial charge in [0, 0.05) is 11.0 Å². The molecule has 106 valence electrons. The van der Waals surface area contributed by atoms with Crippen LogP contribution in [0.4, 0.5) is 4.39 Å². The molecule has 2 aromatic rings. The minimum Gasteiger partial charge on any atom is -0.207 e. The quantitative estimate of drug-likeness (QED) is 0.813. The Kier molecular flexibility index (Phi) is 4.95. The van der Waals surface area contributed by atoms with Crippen LogP contribution in [0.5, 0.6) is 0 Å². The highest BCUT2D eigenvalue weighted by Crippen LogP contribution is 2.20. The number of benzene rings is 2. The van der Waals surface area contributed by atoms with Gasteiger partial charge in [-0.25, -0.2) is 17.5 Å². The van der Waals surface area contributed by atoms with Crippen molar-refractivity contribution in [1.82, 2.24) is 4.72 Å². The van der Waals surface area contributed by atoms with E-state index in [2.05, 4.69) is 36.6 Å². The Morgan fingerprint density at radius 2 is 1.75 bits per heavy atom. The largest absolute Gasteiger partial charge is 0.240 e. The Balaban J connectivity index is 2.19. The number of nitrogens with one attached hydrogen (secondary N) is 1. The lowest BCUT2D eigenvalue weighted by molar-refractivity contribution is 0.576. The van der Waals surface area contributed by atoms with Crippen molar-refractivity contribution in [2.24, 2.45) is 0 Å². The average Bonchev–Trinajstić information content (AvgIpc) is 2.41. The van der Waals surface area contributed by atoms with Crippen molar-refractivity contribution in [3.05, 3.63) is 62.8 Å². The summed E-state index contributed by atoms with van der Waals surface area (Å²) in [6.07, 6.45) is 0. The molecule has 0 saturated carbocycles. The first kappa shape index (κ1) is 15.6. The zero-order chi connectivity index (χ0) is 14.8. The van der Waals surface area contributed by atoms with Gasteiger partial charge in [-0.05, 0) is 45.8 Å². The summed E-state index contributed by atoms with van der Waals surface area (Å²) < 4.78 is 41.0. The van der Waals surface area contributed by atoms with Crippen LogP contribution < -0.4 is 4.72 Å². The van der Waals surface area contributed by atoms with Gasteiger partial charge < -0.3 is 0 Å². The SMILES string of the molecule is O=S(=O)(NCc1ccccc1Br)c1ccc(Br)c(F)c1. The second-order valence-corrected chi connectivity index (χ2v) is 7.47. The van der Waals surface area contributed by atoms with Crippen molar-refractivity contribution in [3.8, 4) is 0 Å². The lowest BCUT2D eigenvalue weighted by atomic mass is 10.2. The molecule has 0 aliphatic rings. The number of hydrogen-bond donors (Lipinski definition) is 1. The van der Waals surface area contributed by atoms with Crippen molar-refractivity contribution in [2.75, 3.05) is 0 Å². The summed E-state index contributed by atoms with van der Waals surface area (Å²) in [6, 6.07) is 11.0. The summed E-state index contributed by atoms with van der Waals surface area (Å²) in [5, 5.41) is 0. The van der Waals surface area contributed by atoms with Crippen LogP contribution in [0.15, 0.2) is 56.3 Å². The maximum atomic E-state index is 13.4. The molecule has 0 unspecified atom stereocenters. The van der Waals surface area contributed by atoms with Gasteiger partial charge in [-0.3, -0.25) is 0 Å². The van der Waals surface area contributed by atoms with Crippen molar-refractivity contribution >= 4 is 41.9 Å². The fraction of sp³-hybridized carbons (Fsp3) is 0.0769. The van der Waals surface area contributed by atoms with Gasteiger partial charge in [0.05, 0.1) is 9.37 Å². The lowest BCUT2D eigenvalue weighted by Gasteiger charge is -2.08. The van der Waals surface area contributed by atoms with Crippen LogP contribution in [0, 0.1) is 5.82 Å². The van der Waals surface area contributed by atoms with Gasteiger partial charge in [-0.2, -0.15) is 0 Å². The standard InChI is InChI=1S/C13H10Br2FNO2S/c14-11-4-2-1-3-9(11)8-17-20(18,19)10-5-6-12(15)13(16)7-10/h1-7,17H,8H2. The van der Waals surface area contributed by atoms with Gasteiger partial charge in [-0.15, -0.1) is 0 Å². The van der Waals surface area contributed by atoms with Gasteiger partial charge in [0.25, 0.3) is 0 Å². The monoisotopic (exact) mass is 421 g/mol. The van der Waals surface area contributed by atoms with E-state index in [4.69, 9.17) is 0 Å². The van der Waals surface area contributed by atoms with Crippen LogP contribution in [0.2, 0.25) is 0 Å². The van der Waals surface area contributed by atoms with Crippen LogP contribution in [0.25, 0.3) is 0 Å². The van der Waals surface area contributed by atoms with Crippen molar-refractivity contribution < 1.29 is 12.8 Å². The molecule has 2 aromatic carbocycles. The molecule has 2 rings (SSSR count). The van der Waals surface area contributed by atoms with E-state index in [9.17, 15) is 12.8 Å². The molecule has 1 N–H and O–H groups in total. The maximum Gasteiger partial charge on any atom is 0.240 e. The molecule has 3 nitrogen and oxygen atoms in total. The van der Waals surface area contributed by atoms with Crippen molar-refractivity contribution in [2.45, 2.75) is 11.4 Å². The Bertz CT molecular complexity index is 735. The second-order valence-electron chi connectivity index (χ2n) is 3.99. The molecule has 0 bridgehead atoms. The summed E-state index contributed by atoms with van der Waals surface area (Å²) in [6.45, 7) is 0.126. The van der Waals surface area contributed by atoms with Gasteiger partial charge in [0.2, 0.25) is 10.0 Å². The molecule has 0 spiro atoms. The molecule has 7 heteroatoms. The third-order valence-corrected chi connectivity index (χ3v) is 5.43. The molecule has 0 atom stereocenters. The number of sulfonamides is 1. The normalized spacial score (nSPS) is 11.6. The third kappa shape index (κ3) is 3.66. The summed E-state index contributed by atoms with van der Waals surface area (Å²) >= 11 is 6.33. The Labute approximate surface area is 133 Å². The van der Waals surface area contributed by atoms with Gasteiger partial charge >= 0.3 is 0 Å². The van der Waals surface area contributed by atoms with Gasteiger partial charge in [0.1, 0.15) is 5.82 Å². The van der Waals surface area contributed by atoms with E-state index in [-0.39, 0.29) is 15.9 Å². The van der Waals surface area contributed by atoms with E-state index in [0.717, 1.165) is 16.1 Å². The van der Waals surface area contributed by atoms with E-state index in [1.165, 1.54) is 12.1 Å². The van der Waals surface area contributed by atoms with E-state index >= 15 is 0 Å². The molecule has 0 fully saturated rings. The average molecular weight is 423 g/mol.